The number of halogens is 1. The Morgan fingerprint density at radius 3 is 2.37 bits per heavy atom. The van der Waals surface area contributed by atoms with E-state index in [0.29, 0.717) is 16.3 Å². The van der Waals surface area contributed by atoms with Gasteiger partial charge in [0.05, 0.1) is 5.71 Å². The summed E-state index contributed by atoms with van der Waals surface area (Å²) in [5.41, 5.74) is 4.55. The summed E-state index contributed by atoms with van der Waals surface area (Å²) < 4.78 is 0. The Morgan fingerprint density at radius 2 is 1.68 bits per heavy atom. The lowest BCUT2D eigenvalue weighted by atomic mass is 10.1. The molecule has 96 valence electrons. The van der Waals surface area contributed by atoms with Gasteiger partial charge >= 0.3 is 0 Å². The Kier molecular flexibility index (Phi) is 4.31. The Morgan fingerprint density at radius 1 is 1.05 bits per heavy atom. The summed E-state index contributed by atoms with van der Waals surface area (Å²) in [4.78, 5) is 11.8. The fraction of sp³-hybridized carbons (Fsp3) is 0.0667. The van der Waals surface area contributed by atoms with E-state index in [1.54, 1.807) is 37.3 Å². The van der Waals surface area contributed by atoms with Crippen LogP contribution in [0.1, 0.15) is 22.8 Å². The van der Waals surface area contributed by atoms with Crippen LogP contribution in [0.5, 0.6) is 0 Å². The maximum Gasteiger partial charge on any atom is 0.271 e. The van der Waals surface area contributed by atoms with Gasteiger partial charge in [-0.05, 0) is 25.1 Å². The highest BCUT2D eigenvalue weighted by Gasteiger charge is 2.05. The van der Waals surface area contributed by atoms with Crippen molar-refractivity contribution in [2.45, 2.75) is 6.92 Å². The van der Waals surface area contributed by atoms with Crippen LogP contribution in [0.2, 0.25) is 5.02 Å². The molecule has 2 aromatic carbocycles. The average Bonchev–Trinajstić information content (AvgIpc) is 2.46. The smallest absolute Gasteiger partial charge is 0.267 e. The van der Waals surface area contributed by atoms with E-state index in [1.807, 2.05) is 24.3 Å². The molecule has 0 saturated heterocycles. The fourth-order valence-corrected chi connectivity index (χ4v) is 1.88. The quantitative estimate of drug-likeness (QED) is 0.674. The van der Waals surface area contributed by atoms with E-state index in [2.05, 4.69) is 10.5 Å². The van der Waals surface area contributed by atoms with Crippen molar-refractivity contribution in [1.29, 1.82) is 0 Å². The average molecular weight is 273 g/mol. The zero-order valence-electron chi connectivity index (χ0n) is 10.4. The third-order valence-electron chi connectivity index (χ3n) is 2.62. The summed E-state index contributed by atoms with van der Waals surface area (Å²) >= 11 is 6.06. The first-order valence-electron chi connectivity index (χ1n) is 5.83. The molecule has 0 aliphatic carbocycles. The minimum absolute atomic E-state index is 0.244. The SMILES string of the molecule is C/C(=N/NC(=O)c1ccccc1)c1ccccc1Cl. The number of carbonyl (C=O) groups excluding carboxylic acids is 1. The van der Waals surface area contributed by atoms with E-state index < -0.39 is 0 Å². The van der Waals surface area contributed by atoms with Gasteiger partial charge in [-0.2, -0.15) is 5.10 Å². The lowest BCUT2D eigenvalue weighted by molar-refractivity contribution is 0.0955. The van der Waals surface area contributed by atoms with Crippen LogP contribution in [-0.4, -0.2) is 11.6 Å². The summed E-state index contributed by atoms with van der Waals surface area (Å²) in [6.07, 6.45) is 0. The number of rotatable bonds is 3. The highest BCUT2D eigenvalue weighted by atomic mass is 35.5. The van der Waals surface area contributed by atoms with Crippen molar-refractivity contribution in [1.82, 2.24) is 5.43 Å². The number of nitrogens with zero attached hydrogens (tertiary/aromatic N) is 1. The second kappa shape index (κ2) is 6.16. The van der Waals surface area contributed by atoms with Crippen molar-refractivity contribution >= 4 is 23.2 Å². The minimum atomic E-state index is -0.244. The van der Waals surface area contributed by atoms with Gasteiger partial charge in [0.15, 0.2) is 0 Å². The van der Waals surface area contributed by atoms with Crippen LogP contribution in [0, 0.1) is 0 Å². The number of amides is 1. The molecule has 2 rings (SSSR count). The Balaban J connectivity index is 2.11. The number of hydrogen-bond acceptors (Lipinski definition) is 2. The number of hydrogen-bond donors (Lipinski definition) is 1. The monoisotopic (exact) mass is 272 g/mol. The molecule has 0 unspecified atom stereocenters. The van der Waals surface area contributed by atoms with Gasteiger partial charge in [-0.3, -0.25) is 4.79 Å². The summed E-state index contributed by atoms with van der Waals surface area (Å²) in [6, 6.07) is 16.3. The second-order valence-corrected chi connectivity index (χ2v) is 4.39. The highest BCUT2D eigenvalue weighted by Crippen LogP contribution is 2.15. The molecule has 0 aromatic heterocycles. The first-order chi connectivity index (χ1) is 9.18. The topological polar surface area (TPSA) is 41.5 Å². The van der Waals surface area contributed by atoms with Gasteiger partial charge in [-0.1, -0.05) is 48.0 Å². The van der Waals surface area contributed by atoms with Crippen LogP contribution in [-0.2, 0) is 0 Å². The first kappa shape index (κ1) is 13.3. The van der Waals surface area contributed by atoms with Crippen LogP contribution < -0.4 is 5.43 Å². The maximum atomic E-state index is 11.8. The van der Waals surface area contributed by atoms with E-state index in [1.165, 1.54) is 0 Å². The molecule has 0 radical (unpaired) electrons. The van der Waals surface area contributed by atoms with Crippen LogP contribution in [0.3, 0.4) is 0 Å². The number of hydrazone groups is 1. The highest BCUT2D eigenvalue weighted by molar-refractivity contribution is 6.34. The standard InChI is InChI=1S/C15H13ClN2O/c1-11(13-9-5-6-10-14(13)16)17-18-15(19)12-7-3-2-4-8-12/h2-10H,1H3,(H,18,19)/b17-11-. The van der Waals surface area contributed by atoms with E-state index >= 15 is 0 Å². The predicted octanol–water partition coefficient (Wildman–Crippen LogP) is 3.49. The first-order valence-corrected chi connectivity index (χ1v) is 6.21. The zero-order valence-corrected chi connectivity index (χ0v) is 11.2. The molecule has 0 heterocycles. The van der Waals surface area contributed by atoms with E-state index in [9.17, 15) is 4.79 Å². The summed E-state index contributed by atoms with van der Waals surface area (Å²) in [5.74, 6) is -0.244. The number of nitrogens with one attached hydrogen (secondary N) is 1. The van der Waals surface area contributed by atoms with E-state index in [0.717, 1.165) is 5.56 Å². The van der Waals surface area contributed by atoms with Gasteiger partial charge in [0.25, 0.3) is 5.91 Å². The van der Waals surface area contributed by atoms with Gasteiger partial charge in [-0.15, -0.1) is 0 Å². The van der Waals surface area contributed by atoms with Crippen LogP contribution >= 0.6 is 11.6 Å². The van der Waals surface area contributed by atoms with Gasteiger partial charge in [0.1, 0.15) is 0 Å². The molecular formula is C15H13ClN2O. The summed E-state index contributed by atoms with van der Waals surface area (Å²) in [7, 11) is 0. The molecule has 0 aliphatic heterocycles. The van der Waals surface area contributed by atoms with Gasteiger partial charge in [-0.25, -0.2) is 5.43 Å². The number of carbonyl (C=O) groups is 1. The molecule has 1 N–H and O–H groups in total. The largest absolute Gasteiger partial charge is 0.271 e. The second-order valence-electron chi connectivity index (χ2n) is 3.98. The third kappa shape index (κ3) is 3.42. The van der Waals surface area contributed by atoms with Crippen molar-refractivity contribution in [3.63, 3.8) is 0 Å². The lowest BCUT2D eigenvalue weighted by Crippen LogP contribution is -2.19. The molecule has 0 fully saturated rings. The molecular weight excluding hydrogens is 260 g/mol. The van der Waals surface area contributed by atoms with Crippen molar-refractivity contribution in [3.05, 3.63) is 70.7 Å². The Hall–Kier alpha value is -2.13. The third-order valence-corrected chi connectivity index (χ3v) is 2.95. The number of benzene rings is 2. The van der Waals surface area contributed by atoms with Gasteiger partial charge in [0, 0.05) is 16.1 Å². The van der Waals surface area contributed by atoms with E-state index in [4.69, 9.17) is 11.6 Å². The van der Waals surface area contributed by atoms with Crippen molar-refractivity contribution in [2.24, 2.45) is 5.10 Å². The molecule has 0 atom stereocenters. The van der Waals surface area contributed by atoms with Crippen LogP contribution in [0.4, 0.5) is 0 Å². The predicted molar refractivity (Wildman–Crippen MR) is 77.6 cm³/mol. The van der Waals surface area contributed by atoms with Crippen LogP contribution in [0.25, 0.3) is 0 Å². The molecule has 0 spiro atoms. The fourth-order valence-electron chi connectivity index (χ4n) is 1.60. The zero-order chi connectivity index (χ0) is 13.7. The minimum Gasteiger partial charge on any atom is -0.267 e. The van der Waals surface area contributed by atoms with Gasteiger partial charge < -0.3 is 0 Å². The molecule has 1 amide bonds. The van der Waals surface area contributed by atoms with E-state index in [-0.39, 0.29) is 5.91 Å². The molecule has 3 nitrogen and oxygen atoms in total. The lowest BCUT2D eigenvalue weighted by Gasteiger charge is -2.04. The Labute approximate surface area is 116 Å². The molecule has 4 heteroatoms. The van der Waals surface area contributed by atoms with Crippen LogP contribution in [0.15, 0.2) is 59.7 Å². The normalized spacial score (nSPS) is 11.2. The molecule has 0 bridgehead atoms. The summed E-state index contributed by atoms with van der Waals surface area (Å²) in [5, 5.41) is 4.67. The maximum absolute atomic E-state index is 11.8. The van der Waals surface area contributed by atoms with Gasteiger partial charge in [0.2, 0.25) is 0 Å². The summed E-state index contributed by atoms with van der Waals surface area (Å²) in [6.45, 7) is 1.80. The molecule has 0 aliphatic rings. The van der Waals surface area contributed by atoms with Crippen molar-refractivity contribution in [3.8, 4) is 0 Å². The van der Waals surface area contributed by atoms with Crippen molar-refractivity contribution < 1.29 is 4.79 Å². The molecule has 2 aromatic rings. The molecule has 0 saturated carbocycles. The Bertz CT molecular complexity index is 609. The van der Waals surface area contributed by atoms with Crippen molar-refractivity contribution in [2.75, 3.05) is 0 Å². The molecule has 19 heavy (non-hydrogen) atoms.